The monoisotopic (exact) mass is 430 g/mol. The summed E-state index contributed by atoms with van der Waals surface area (Å²) < 4.78 is 10.7. The third kappa shape index (κ3) is 5.83. The number of likely N-dealkylation sites (tertiary alicyclic amines) is 1. The molecule has 1 aromatic rings. The maximum Gasteiger partial charge on any atom is 0.411 e. The molecule has 0 unspecified atom stereocenters. The molecule has 3 rings (SSSR count). The van der Waals surface area contributed by atoms with Crippen LogP contribution in [0.3, 0.4) is 0 Å². The number of hydrogen-bond donors (Lipinski definition) is 1. The van der Waals surface area contributed by atoms with E-state index >= 15 is 0 Å². The number of carbonyl (C=O) groups excluding carboxylic acids is 4. The molecule has 0 spiro atoms. The Hall–Kier alpha value is -2.90. The van der Waals surface area contributed by atoms with Crippen LogP contribution in [-0.2, 0) is 30.5 Å². The van der Waals surface area contributed by atoms with Crippen molar-refractivity contribution in [2.45, 2.75) is 76.8 Å². The maximum atomic E-state index is 13.0. The average molecular weight is 431 g/mol. The van der Waals surface area contributed by atoms with Gasteiger partial charge in [0, 0.05) is 6.04 Å². The first-order chi connectivity index (χ1) is 14.7. The van der Waals surface area contributed by atoms with E-state index in [0.717, 1.165) is 24.8 Å². The largest absolute Gasteiger partial charge is 0.460 e. The number of nitrogens with one attached hydrogen (secondary N) is 1. The molecule has 1 heterocycles. The highest BCUT2D eigenvalue weighted by molar-refractivity contribution is 5.90. The summed E-state index contributed by atoms with van der Waals surface area (Å²) in [6.45, 7) is 5.31. The zero-order valence-electron chi connectivity index (χ0n) is 18.2. The SMILES string of the molecule is CC(C)(C)OC(=O)C[C@@H](C=O)NC(=O)[C@@H]1[C@H]2CC[C@H](C2)N1C(=O)OCc1ccccc1. The lowest BCUT2D eigenvalue weighted by atomic mass is 9.97. The molecule has 2 amide bonds. The average Bonchev–Trinajstić information content (AvgIpc) is 3.32. The van der Waals surface area contributed by atoms with E-state index in [4.69, 9.17) is 9.47 Å². The molecule has 0 radical (unpaired) electrons. The topological polar surface area (TPSA) is 102 Å². The van der Waals surface area contributed by atoms with Crippen molar-refractivity contribution in [2.75, 3.05) is 0 Å². The third-order valence-corrected chi connectivity index (χ3v) is 5.57. The van der Waals surface area contributed by atoms with E-state index in [2.05, 4.69) is 5.32 Å². The predicted octanol–water partition coefficient (Wildman–Crippen LogP) is 2.59. The minimum atomic E-state index is -1.01. The fraction of sp³-hybridized carbons (Fsp3) is 0.565. The number of rotatable bonds is 7. The van der Waals surface area contributed by atoms with E-state index in [1.54, 1.807) is 20.8 Å². The van der Waals surface area contributed by atoms with Gasteiger partial charge in [-0.1, -0.05) is 30.3 Å². The fourth-order valence-corrected chi connectivity index (χ4v) is 4.35. The van der Waals surface area contributed by atoms with E-state index in [9.17, 15) is 19.2 Å². The maximum absolute atomic E-state index is 13.0. The first-order valence-corrected chi connectivity index (χ1v) is 10.6. The molecular weight excluding hydrogens is 400 g/mol. The predicted molar refractivity (Wildman–Crippen MR) is 112 cm³/mol. The van der Waals surface area contributed by atoms with Gasteiger partial charge in [-0.25, -0.2) is 4.79 Å². The molecule has 0 aromatic heterocycles. The molecule has 4 atom stereocenters. The van der Waals surface area contributed by atoms with Crippen molar-refractivity contribution in [3.05, 3.63) is 35.9 Å². The molecule has 2 aliphatic rings. The van der Waals surface area contributed by atoms with E-state index in [-0.39, 0.29) is 25.0 Å². The van der Waals surface area contributed by atoms with E-state index in [1.165, 1.54) is 4.90 Å². The molecule has 1 aliphatic carbocycles. The molecular formula is C23H30N2O6. The Balaban J connectivity index is 1.62. The first kappa shape index (κ1) is 22.8. The molecule has 1 aromatic carbocycles. The summed E-state index contributed by atoms with van der Waals surface area (Å²) in [5.41, 5.74) is 0.179. The molecule has 1 N–H and O–H groups in total. The molecule has 1 aliphatic heterocycles. The second-order valence-electron chi connectivity index (χ2n) is 9.16. The number of benzene rings is 1. The molecule has 2 bridgehead atoms. The minimum Gasteiger partial charge on any atom is -0.460 e. The van der Waals surface area contributed by atoms with Crippen molar-refractivity contribution in [3.63, 3.8) is 0 Å². The van der Waals surface area contributed by atoms with Gasteiger partial charge in [-0.2, -0.15) is 0 Å². The zero-order chi connectivity index (χ0) is 22.6. The summed E-state index contributed by atoms with van der Waals surface area (Å²) in [4.78, 5) is 50.8. The van der Waals surface area contributed by atoms with Crippen LogP contribution in [0, 0.1) is 5.92 Å². The van der Waals surface area contributed by atoms with Gasteiger partial charge in [-0.05, 0) is 51.5 Å². The molecule has 8 nitrogen and oxygen atoms in total. The molecule has 1 saturated carbocycles. The second kappa shape index (κ2) is 9.49. The Bertz CT molecular complexity index is 819. The van der Waals surface area contributed by atoms with E-state index in [0.29, 0.717) is 6.29 Å². The number of carbonyl (C=O) groups is 4. The number of hydrogen-bond acceptors (Lipinski definition) is 6. The standard InChI is InChI=1S/C23H30N2O6/c1-23(2,3)31-19(27)12-17(13-26)24-21(28)20-16-9-10-18(11-16)25(20)22(29)30-14-15-7-5-4-6-8-15/h4-8,13,16-18,20H,9-12,14H2,1-3H3,(H,24,28)/t16-,17-,18+,20-/m0/s1. The normalized spacial score (nSPS) is 23.2. The van der Waals surface area contributed by atoms with Gasteiger partial charge < -0.3 is 19.6 Å². The second-order valence-corrected chi connectivity index (χ2v) is 9.16. The van der Waals surface area contributed by atoms with Crippen molar-refractivity contribution in [3.8, 4) is 0 Å². The number of amides is 2. The first-order valence-electron chi connectivity index (χ1n) is 10.6. The highest BCUT2D eigenvalue weighted by Gasteiger charge is 2.52. The van der Waals surface area contributed by atoms with Crippen LogP contribution in [0.4, 0.5) is 4.79 Å². The minimum absolute atomic E-state index is 0.0168. The number of esters is 1. The quantitative estimate of drug-likeness (QED) is 0.527. The zero-order valence-corrected chi connectivity index (χ0v) is 18.2. The van der Waals surface area contributed by atoms with Crippen LogP contribution >= 0.6 is 0 Å². The van der Waals surface area contributed by atoms with Gasteiger partial charge in [0.05, 0.1) is 12.5 Å². The molecule has 168 valence electrons. The molecule has 2 fully saturated rings. The number of aldehydes is 1. The third-order valence-electron chi connectivity index (χ3n) is 5.57. The lowest BCUT2D eigenvalue weighted by Crippen LogP contribution is -2.55. The summed E-state index contributed by atoms with van der Waals surface area (Å²) in [5.74, 6) is -0.996. The number of piperidine rings is 1. The Morgan fingerprint density at radius 1 is 1.19 bits per heavy atom. The van der Waals surface area contributed by atoms with Crippen molar-refractivity contribution >= 4 is 24.3 Å². The van der Waals surface area contributed by atoms with Crippen molar-refractivity contribution < 1.29 is 28.7 Å². The molecule has 1 saturated heterocycles. The van der Waals surface area contributed by atoms with Crippen LogP contribution in [0.1, 0.15) is 52.0 Å². The van der Waals surface area contributed by atoms with Crippen LogP contribution in [0.2, 0.25) is 0 Å². The summed E-state index contributed by atoms with van der Waals surface area (Å²) in [5, 5.41) is 2.61. The summed E-state index contributed by atoms with van der Waals surface area (Å²) in [6, 6.07) is 7.56. The van der Waals surface area contributed by atoms with Crippen LogP contribution in [-0.4, -0.2) is 52.9 Å². The van der Waals surface area contributed by atoms with Crippen LogP contribution in [0.5, 0.6) is 0 Å². The van der Waals surface area contributed by atoms with Crippen molar-refractivity contribution in [1.82, 2.24) is 10.2 Å². The molecule has 31 heavy (non-hydrogen) atoms. The van der Waals surface area contributed by atoms with Crippen molar-refractivity contribution in [1.29, 1.82) is 0 Å². The lowest BCUT2D eigenvalue weighted by molar-refractivity contribution is -0.156. The Kier molecular flexibility index (Phi) is 6.97. The highest BCUT2D eigenvalue weighted by Crippen LogP contribution is 2.43. The Morgan fingerprint density at radius 2 is 1.90 bits per heavy atom. The molecule has 8 heteroatoms. The summed E-state index contributed by atoms with van der Waals surface area (Å²) in [6.07, 6.45) is 2.12. The van der Waals surface area contributed by atoms with Crippen molar-refractivity contribution in [2.24, 2.45) is 5.92 Å². The van der Waals surface area contributed by atoms with Gasteiger partial charge in [0.25, 0.3) is 0 Å². The lowest BCUT2D eigenvalue weighted by Gasteiger charge is -2.34. The van der Waals surface area contributed by atoms with Gasteiger partial charge in [0.2, 0.25) is 5.91 Å². The number of fused-ring (bicyclic) bond motifs is 2. The van der Waals surface area contributed by atoms with Gasteiger partial charge in [-0.15, -0.1) is 0 Å². The number of ether oxygens (including phenoxy) is 2. The van der Waals surface area contributed by atoms with Gasteiger partial charge in [0.15, 0.2) is 0 Å². The smallest absolute Gasteiger partial charge is 0.411 e. The van der Waals surface area contributed by atoms with Crippen LogP contribution in [0.25, 0.3) is 0 Å². The van der Waals surface area contributed by atoms with Gasteiger partial charge in [0.1, 0.15) is 24.5 Å². The Morgan fingerprint density at radius 3 is 2.55 bits per heavy atom. The van der Waals surface area contributed by atoms with Gasteiger partial charge in [-0.3, -0.25) is 14.5 Å². The highest BCUT2D eigenvalue weighted by atomic mass is 16.6. The van der Waals surface area contributed by atoms with Crippen LogP contribution in [0.15, 0.2) is 30.3 Å². The summed E-state index contributed by atoms with van der Waals surface area (Å²) in [7, 11) is 0. The van der Waals surface area contributed by atoms with Gasteiger partial charge >= 0.3 is 12.1 Å². The van der Waals surface area contributed by atoms with E-state index in [1.807, 2.05) is 30.3 Å². The van der Waals surface area contributed by atoms with E-state index < -0.39 is 35.7 Å². The summed E-state index contributed by atoms with van der Waals surface area (Å²) >= 11 is 0. The van der Waals surface area contributed by atoms with Crippen LogP contribution < -0.4 is 5.32 Å². The fourth-order valence-electron chi connectivity index (χ4n) is 4.35. The number of nitrogens with zero attached hydrogens (tertiary/aromatic N) is 1. The Labute approximate surface area is 182 Å².